The maximum atomic E-state index is 10.8. The van der Waals surface area contributed by atoms with Crippen LogP contribution in [0.5, 0.6) is 0 Å². The molecule has 4 N–H and O–H groups in total. The summed E-state index contributed by atoms with van der Waals surface area (Å²) in [5.41, 5.74) is 6.67. The fraction of sp³-hybridized carbons (Fsp3) is 0.692. The number of aliphatic hydroxyl groups is 1. The zero-order valence-corrected chi connectivity index (χ0v) is 11.0. The van der Waals surface area contributed by atoms with E-state index in [1.807, 2.05) is 0 Å². The Morgan fingerprint density at radius 3 is 2.65 bits per heavy atom. The van der Waals surface area contributed by atoms with E-state index in [0.29, 0.717) is 12.1 Å². The van der Waals surface area contributed by atoms with Crippen LogP contribution in [0, 0.1) is 6.92 Å². The summed E-state index contributed by atoms with van der Waals surface area (Å²) >= 11 is 1.71. The van der Waals surface area contributed by atoms with Crippen LogP contribution < -0.4 is 11.1 Å². The molecule has 3 rings (SSSR count). The molecule has 2 aliphatic rings. The summed E-state index contributed by atoms with van der Waals surface area (Å²) in [5.74, 6) is 0. The summed E-state index contributed by atoms with van der Waals surface area (Å²) in [7, 11) is 0. The highest BCUT2D eigenvalue weighted by atomic mass is 32.1. The van der Waals surface area contributed by atoms with Gasteiger partial charge in [0.1, 0.15) is 0 Å². The van der Waals surface area contributed by atoms with Crippen molar-refractivity contribution >= 4 is 11.3 Å². The normalized spacial score (nSPS) is 38.3. The van der Waals surface area contributed by atoms with Gasteiger partial charge in [-0.1, -0.05) is 0 Å². The van der Waals surface area contributed by atoms with Crippen LogP contribution in [0.15, 0.2) is 11.4 Å². The van der Waals surface area contributed by atoms with Crippen LogP contribution in [0.1, 0.15) is 42.2 Å². The molecule has 94 valence electrons. The molecule has 3 unspecified atom stereocenters. The number of nitrogens with one attached hydrogen (secondary N) is 1. The van der Waals surface area contributed by atoms with Crippen LogP contribution in [-0.2, 0) is 0 Å². The van der Waals surface area contributed by atoms with Crippen LogP contribution in [-0.4, -0.2) is 22.8 Å². The molecule has 0 amide bonds. The maximum absolute atomic E-state index is 10.8. The van der Waals surface area contributed by atoms with Gasteiger partial charge in [0.15, 0.2) is 0 Å². The third-order valence-corrected chi connectivity index (χ3v) is 5.10. The average molecular weight is 252 g/mol. The summed E-state index contributed by atoms with van der Waals surface area (Å²) in [6.45, 7) is 2.08. The minimum atomic E-state index is -0.718. The van der Waals surface area contributed by atoms with Crippen molar-refractivity contribution in [2.75, 3.05) is 0 Å². The average Bonchev–Trinajstić information content (AvgIpc) is 2.84. The van der Waals surface area contributed by atoms with Gasteiger partial charge in [0.2, 0.25) is 0 Å². The fourth-order valence-electron chi connectivity index (χ4n) is 3.35. The van der Waals surface area contributed by atoms with Gasteiger partial charge in [-0.05, 0) is 49.6 Å². The van der Waals surface area contributed by atoms with Crippen molar-refractivity contribution in [3.63, 3.8) is 0 Å². The number of rotatable bonds is 2. The van der Waals surface area contributed by atoms with Gasteiger partial charge in [0, 0.05) is 17.0 Å². The molecule has 3 nitrogen and oxygen atoms in total. The third kappa shape index (κ3) is 2.03. The lowest BCUT2D eigenvalue weighted by molar-refractivity contribution is -0.0296. The maximum Gasteiger partial charge on any atom is 0.0869 e. The van der Waals surface area contributed by atoms with E-state index in [9.17, 15) is 5.11 Å². The summed E-state index contributed by atoms with van der Waals surface area (Å²) in [5, 5.41) is 16.5. The quantitative estimate of drug-likeness (QED) is 0.751. The molecule has 2 bridgehead atoms. The molecule has 1 aromatic heterocycles. The Hall–Kier alpha value is -0.420. The Morgan fingerprint density at radius 2 is 2.12 bits per heavy atom. The van der Waals surface area contributed by atoms with Crippen molar-refractivity contribution in [2.24, 2.45) is 5.73 Å². The molecule has 0 radical (unpaired) electrons. The van der Waals surface area contributed by atoms with Crippen molar-refractivity contribution in [3.8, 4) is 0 Å². The molecule has 0 spiro atoms. The van der Waals surface area contributed by atoms with E-state index in [4.69, 9.17) is 5.73 Å². The van der Waals surface area contributed by atoms with Crippen molar-refractivity contribution in [1.29, 1.82) is 0 Å². The molecule has 2 saturated heterocycles. The van der Waals surface area contributed by atoms with Crippen LogP contribution in [0.3, 0.4) is 0 Å². The molecule has 3 atom stereocenters. The fourth-order valence-corrected chi connectivity index (χ4v) is 4.09. The van der Waals surface area contributed by atoms with Crippen LogP contribution in [0.25, 0.3) is 0 Å². The van der Waals surface area contributed by atoms with Gasteiger partial charge < -0.3 is 16.2 Å². The highest BCUT2D eigenvalue weighted by molar-refractivity contribution is 7.10. The molecule has 17 heavy (non-hydrogen) atoms. The molecule has 2 fully saturated rings. The van der Waals surface area contributed by atoms with E-state index in [2.05, 4.69) is 23.7 Å². The number of nitrogens with two attached hydrogens (primary N) is 1. The second-order valence-corrected chi connectivity index (χ2v) is 6.73. The first-order chi connectivity index (χ1) is 8.07. The molecule has 2 aliphatic heterocycles. The van der Waals surface area contributed by atoms with Gasteiger partial charge in [-0.15, -0.1) is 11.3 Å². The van der Waals surface area contributed by atoms with E-state index >= 15 is 0 Å². The van der Waals surface area contributed by atoms with Gasteiger partial charge in [0.25, 0.3) is 0 Å². The molecular weight excluding hydrogens is 232 g/mol. The lowest BCUT2D eigenvalue weighted by Gasteiger charge is -2.41. The van der Waals surface area contributed by atoms with Gasteiger partial charge >= 0.3 is 0 Å². The van der Waals surface area contributed by atoms with Crippen LogP contribution >= 0.6 is 11.3 Å². The van der Waals surface area contributed by atoms with Gasteiger partial charge in [-0.3, -0.25) is 0 Å². The lowest BCUT2D eigenvalue weighted by Crippen LogP contribution is -2.53. The molecule has 0 aliphatic carbocycles. The summed E-state index contributed by atoms with van der Waals surface area (Å²) in [4.78, 5) is 1.26. The minimum Gasteiger partial charge on any atom is -0.388 e. The van der Waals surface area contributed by atoms with Crippen molar-refractivity contribution in [2.45, 2.75) is 56.3 Å². The number of hydrogen-bond acceptors (Lipinski definition) is 4. The Bertz CT molecular complexity index is 405. The first-order valence-corrected chi connectivity index (χ1v) is 7.24. The van der Waals surface area contributed by atoms with E-state index < -0.39 is 5.60 Å². The highest BCUT2D eigenvalue weighted by Gasteiger charge is 2.46. The molecular formula is C13H20N2OS. The Balaban J connectivity index is 1.83. The Morgan fingerprint density at radius 1 is 1.47 bits per heavy atom. The zero-order chi connectivity index (χ0) is 12.0. The standard InChI is InChI=1S/C13H20N2OS/c1-8-4-9(7-17-8)12(14)13(16)5-10-2-3-11(6-13)15-10/h4,7,10-12,15-16H,2-3,5-6,14H2,1H3. The van der Waals surface area contributed by atoms with E-state index in [0.717, 1.165) is 18.4 Å². The van der Waals surface area contributed by atoms with Crippen LogP contribution in [0.4, 0.5) is 0 Å². The molecule has 0 aromatic carbocycles. The third-order valence-electron chi connectivity index (χ3n) is 4.22. The van der Waals surface area contributed by atoms with Gasteiger partial charge in [-0.25, -0.2) is 0 Å². The predicted molar refractivity (Wildman–Crippen MR) is 70.1 cm³/mol. The van der Waals surface area contributed by atoms with E-state index in [1.165, 1.54) is 17.7 Å². The number of piperidine rings is 1. The Kier molecular flexibility index (Phi) is 2.78. The number of hydrogen-bond donors (Lipinski definition) is 3. The second-order valence-electron chi connectivity index (χ2n) is 5.62. The van der Waals surface area contributed by atoms with Crippen molar-refractivity contribution in [1.82, 2.24) is 5.32 Å². The highest BCUT2D eigenvalue weighted by Crippen LogP contribution is 2.41. The number of thiophene rings is 1. The second kappa shape index (κ2) is 4.05. The first-order valence-electron chi connectivity index (χ1n) is 6.36. The number of aryl methyl sites for hydroxylation is 1. The topological polar surface area (TPSA) is 58.3 Å². The molecule has 3 heterocycles. The molecule has 0 saturated carbocycles. The molecule has 4 heteroatoms. The van der Waals surface area contributed by atoms with Gasteiger partial charge in [0.05, 0.1) is 11.6 Å². The Labute approximate surface area is 106 Å². The van der Waals surface area contributed by atoms with E-state index in [-0.39, 0.29) is 6.04 Å². The monoisotopic (exact) mass is 252 g/mol. The lowest BCUT2D eigenvalue weighted by atomic mass is 9.79. The zero-order valence-electron chi connectivity index (χ0n) is 10.1. The smallest absolute Gasteiger partial charge is 0.0869 e. The minimum absolute atomic E-state index is 0.238. The first kappa shape index (κ1) is 11.7. The largest absolute Gasteiger partial charge is 0.388 e. The van der Waals surface area contributed by atoms with Gasteiger partial charge in [-0.2, -0.15) is 0 Å². The van der Waals surface area contributed by atoms with Crippen LogP contribution in [0.2, 0.25) is 0 Å². The summed E-state index contributed by atoms with van der Waals surface area (Å²) in [6.07, 6.45) is 3.95. The SMILES string of the molecule is Cc1cc(C(N)C2(O)CC3CCC(C2)N3)cs1. The predicted octanol–water partition coefficient (Wildman–Crippen LogP) is 1.70. The van der Waals surface area contributed by atoms with E-state index in [1.54, 1.807) is 11.3 Å². The molecule has 1 aromatic rings. The van der Waals surface area contributed by atoms with Crippen molar-refractivity contribution in [3.05, 3.63) is 21.9 Å². The summed E-state index contributed by atoms with van der Waals surface area (Å²) in [6, 6.07) is 2.80. The summed E-state index contributed by atoms with van der Waals surface area (Å²) < 4.78 is 0. The van der Waals surface area contributed by atoms with Crippen molar-refractivity contribution < 1.29 is 5.11 Å². The number of fused-ring (bicyclic) bond motifs is 2.